The highest BCUT2D eigenvalue weighted by Gasteiger charge is 2.34. The molecule has 1 aliphatic rings. The molecule has 9 heteroatoms. The zero-order valence-electron chi connectivity index (χ0n) is 34.5. The molecular formula is C52H41BF2N2O4. The van der Waals surface area contributed by atoms with Crippen LogP contribution in [0.15, 0.2) is 144 Å². The minimum Gasteiger partial charge on any atom is -0.453 e. The fourth-order valence-corrected chi connectivity index (χ4v) is 7.56. The topological polar surface area (TPSA) is 69.9 Å². The molecule has 2 heterocycles. The van der Waals surface area contributed by atoms with E-state index >= 15 is 8.63 Å². The van der Waals surface area contributed by atoms with Crippen molar-refractivity contribution in [2.24, 2.45) is 4.99 Å². The summed E-state index contributed by atoms with van der Waals surface area (Å²) < 4.78 is 43.5. The molecule has 0 N–H and O–H groups in total. The molecule has 0 aliphatic carbocycles. The van der Waals surface area contributed by atoms with Gasteiger partial charge in [0, 0.05) is 52.9 Å². The van der Waals surface area contributed by atoms with Crippen LogP contribution in [-0.4, -0.2) is 42.7 Å². The minimum atomic E-state index is -2.95. The molecule has 0 unspecified atom stereocenters. The Bertz CT molecular complexity index is 2830. The quantitative estimate of drug-likeness (QED) is 0.0829. The lowest BCUT2D eigenvalue weighted by Crippen LogP contribution is -2.19. The van der Waals surface area contributed by atoms with Crippen molar-refractivity contribution in [2.45, 2.75) is 34.6 Å². The molecule has 0 saturated carbocycles. The molecule has 0 fully saturated rings. The Morgan fingerprint density at radius 2 is 1.16 bits per heavy atom. The van der Waals surface area contributed by atoms with Crippen molar-refractivity contribution in [1.29, 1.82) is 0 Å². The molecule has 0 amide bonds. The van der Waals surface area contributed by atoms with Crippen molar-refractivity contribution in [3.8, 4) is 46.1 Å². The monoisotopic (exact) mass is 806 g/mol. The highest BCUT2D eigenvalue weighted by atomic mass is 19.2. The largest absolute Gasteiger partial charge is 0.678 e. The van der Waals surface area contributed by atoms with Gasteiger partial charge in [0.2, 0.25) is 0 Å². The average Bonchev–Trinajstić information content (AvgIpc) is 3.87. The first-order chi connectivity index (χ1) is 29.5. The van der Waals surface area contributed by atoms with Crippen molar-refractivity contribution in [2.75, 3.05) is 13.2 Å². The van der Waals surface area contributed by atoms with Crippen LogP contribution >= 0.6 is 0 Å². The zero-order chi connectivity index (χ0) is 43.0. The molecule has 6 aromatic rings. The van der Waals surface area contributed by atoms with Gasteiger partial charge >= 0.3 is 19.3 Å². The van der Waals surface area contributed by atoms with Crippen LogP contribution in [0.25, 0.3) is 33.5 Å². The van der Waals surface area contributed by atoms with Gasteiger partial charge in [0.05, 0.1) is 17.1 Å². The summed E-state index contributed by atoms with van der Waals surface area (Å²) in [6.07, 6.45) is 2.02. The Hall–Kier alpha value is -7.49. The van der Waals surface area contributed by atoms with Crippen molar-refractivity contribution in [3.05, 3.63) is 189 Å². The highest BCUT2D eigenvalue weighted by Crippen LogP contribution is 2.47. The second kappa shape index (κ2) is 18.6. The number of hydrogen-bond donors (Lipinski definition) is 0. The number of hydrogen-bond acceptors (Lipinski definition) is 5. The fraction of sp³-hybridized carbons (Fsp3) is 0.135. The van der Waals surface area contributed by atoms with E-state index in [0.717, 1.165) is 54.6 Å². The van der Waals surface area contributed by atoms with Gasteiger partial charge in [0.25, 0.3) is 0 Å². The Kier molecular flexibility index (Phi) is 12.7. The van der Waals surface area contributed by atoms with E-state index in [0.29, 0.717) is 45.1 Å². The Labute approximate surface area is 355 Å². The van der Waals surface area contributed by atoms with Crippen LogP contribution in [0.2, 0.25) is 0 Å². The average molecular weight is 807 g/mol. The molecule has 0 saturated heterocycles. The number of carbonyl (C=O) groups is 2. The second-order valence-electron chi connectivity index (χ2n) is 14.5. The summed E-state index contributed by atoms with van der Waals surface area (Å²) in [5, 5.41) is 0. The Balaban J connectivity index is 1.51. The molecule has 1 aliphatic heterocycles. The van der Waals surface area contributed by atoms with Gasteiger partial charge in [-0.2, -0.15) is 0 Å². The number of esters is 2. The van der Waals surface area contributed by atoms with Crippen molar-refractivity contribution >= 4 is 36.2 Å². The molecule has 0 radical (unpaired) electrons. The molecule has 0 atom stereocenters. The van der Waals surface area contributed by atoms with Crippen LogP contribution in [-0.2, 0) is 19.1 Å². The van der Waals surface area contributed by atoms with Gasteiger partial charge < -0.3 is 14.0 Å². The van der Waals surface area contributed by atoms with Gasteiger partial charge in [-0.25, -0.2) is 4.99 Å². The van der Waals surface area contributed by atoms with E-state index in [-0.39, 0.29) is 13.2 Å². The molecule has 5 aromatic carbocycles. The van der Waals surface area contributed by atoms with E-state index in [2.05, 4.69) is 35.8 Å². The number of carbonyl (C=O) groups excluding carboxylic acids is 2. The summed E-state index contributed by atoms with van der Waals surface area (Å²) >= 11 is 0. The van der Waals surface area contributed by atoms with E-state index in [1.807, 2.05) is 118 Å². The predicted octanol–water partition coefficient (Wildman–Crippen LogP) is 10.7. The van der Waals surface area contributed by atoms with Crippen LogP contribution in [0.4, 0.5) is 8.63 Å². The fourth-order valence-electron chi connectivity index (χ4n) is 7.56. The number of rotatable bonds is 9. The lowest BCUT2D eigenvalue weighted by atomic mass is 9.85. The first-order valence-corrected chi connectivity index (χ1v) is 19.7. The molecule has 0 bridgehead atoms. The number of aliphatic imine (C=N–C) groups is 1. The summed E-state index contributed by atoms with van der Waals surface area (Å²) in [5.74, 6) is 10.9. The zero-order valence-corrected chi connectivity index (χ0v) is 34.5. The van der Waals surface area contributed by atoms with E-state index in [1.165, 1.54) is 13.8 Å². The highest BCUT2D eigenvalue weighted by molar-refractivity contribution is 6.42. The summed E-state index contributed by atoms with van der Waals surface area (Å²) in [5.41, 5.74) is 12.0. The van der Waals surface area contributed by atoms with Gasteiger partial charge in [-0.05, 0) is 90.6 Å². The third kappa shape index (κ3) is 9.54. The lowest BCUT2D eigenvalue weighted by Gasteiger charge is -2.22. The summed E-state index contributed by atoms with van der Waals surface area (Å²) in [7, 11) is -2.95. The smallest absolute Gasteiger partial charge is 0.453 e. The number of nitrogens with zero attached hydrogens (tertiary/aromatic N) is 2. The number of aryl methyl sites for hydroxylation is 3. The number of benzene rings is 5. The van der Waals surface area contributed by atoms with E-state index in [1.54, 1.807) is 24.3 Å². The summed E-state index contributed by atoms with van der Waals surface area (Å²) in [4.78, 5) is 27.8. The van der Waals surface area contributed by atoms with Gasteiger partial charge in [-0.1, -0.05) is 126 Å². The molecule has 300 valence electrons. The summed E-state index contributed by atoms with van der Waals surface area (Å²) in [6.45, 7) is 8.67. The minimum absolute atomic E-state index is 0.00617. The van der Waals surface area contributed by atoms with E-state index in [9.17, 15) is 9.59 Å². The van der Waals surface area contributed by atoms with Crippen LogP contribution in [0.5, 0.6) is 0 Å². The third-order valence-corrected chi connectivity index (χ3v) is 10.1. The van der Waals surface area contributed by atoms with E-state index < -0.39 is 19.3 Å². The molecular weight excluding hydrogens is 765 g/mol. The lowest BCUT2D eigenvalue weighted by molar-refractivity contribution is -0.140. The molecule has 0 spiro atoms. The van der Waals surface area contributed by atoms with Gasteiger partial charge in [0.1, 0.15) is 0 Å². The van der Waals surface area contributed by atoms with Gasteiger partial charge in [-0.15, -0.1) is 0 Å². The normalized spacial score (nSPS) is 12.6. The van der Waals surface area contributed by atoms with Crippen molar-refractivity contribution in [3.63, 3.8) is 0 Å². The Morgan fingerprint density at radius 1 is 0.656 bits per heavy atom. The predicted molar refractivity (Wildman–Crippen MR) is 240 cm³/mol. The number of aromatic nitrogens is 1. The maximum atomic E-state index is 16.2. The van der Waals surface area contributed by atoms with Gasteiger partial charge in [0.15, 0.2) is 13.2 Å². The van der Waals surface area contributed by atoms with Crippen molar-refractivity contribution in [1.82, 2.24) is 4.48 Å². The van der Waals surface area contributed by atoms with Crippen molar-refractivity contribution < 1.29 is 27.7 Å². The third-order valence-electron chi connectivity index (χ3n) is 10.1. The van der Waals surface area contributed by atoms with Crippen LogP contribution in [0, 0.1) is 44.5 Å². The summed E-state index contributed by atoms with van der Waals surface area (Å²) in [6, 6.07) is 40.2. The number of allylic oxidation sites excluding steroid dienone is 2. The first kappa shape index (κ1) is 41.7. The maximum absolute atomic E-state index is 16.2. The first-order valence-electron chi connectivity index (χ1n) is 19.7. The SMILES string of the molecule is CC(=O)OCC#Cc1ccc(C2=N/C(=C(/c3c(C)cc(C)cc3C)c3c(-c4ccccc4)cc(-c4ccc(C#CCOC(C)=O)cc4)n3B(F)F)C(c3ccccc3)=C2)cc1. The standard InChI is InChI=1S/C52H41BF2N2O4/c1-34-30-35(2)49(36(3)31-34)50(51-45(41-16-8-6-9-17-41)32-47(56-51)43-24-20-39(21-25-43)14-12-28-60-37(4)58)52-46(42-18-10-7-11-19-42)33-48(57(52)53(54)55)44-26-22-40(23-27-44)15-13-29-61-38(5)59/h6-11,16-27,30-33H,28-29H2,1-5H3/b51-50-. The molecule has 7 rings (SSSR count). The second-order valence-corrected chi connectivity index (χ2v) is 14.5. The van der Waals surface area contributed by atoms with Crippen LogP contribution in [0.3, 0.4) is 0 Å². The Morgan fingerprint density at radius 3 is 1.67 bits per heavy atom. The van der Waals surface area contributed by atoms with Crippen LogP contribution < -0.4 is 0 Å². The molecule has 61 heavy (non-hydrogen) atoms. The molecule has 1 aromatic heterocycles. The number of ether oxygens (including phenoxy) is 2. The number of halogens is 2. The molecule has 6 nitrogen and oxygen atoms in total. The maximum Gasteiger partial charge on any atom is 0.678 e. The van der Waals surface area contributed by atoms with Gasteiger partial charge in [-0.3, -0.25) is 18.2 Å². The van der Waals surface area contributed by atoms with E-state index in [4.69, 9.17) is 14.5 Å². The van der Waals surface area contributed by atoms with Crippen LogP contribution in [0.1, 0.15) is 64.0 Å².